The van der Waals surface area contributed by atoms with E-state index in [2.05, 4.69) is 36.5 Å². The topological polar surface area (TPSA) is 62.4 Å². The van der Waals surface area contributed by atoms with Crippen molar-refractivity contribution in [3.05, 3.63) is 0 Å². The van der Waals surface area contributed by atoms with Crippen LogP contribution in [0.4, 0.5) is 0 Å². The summed E-state index contributed by atoms with van der Waals surface area (Å²) >= 11 is 0. The van der Waals surface area contributed by atoms with Crippen LogP contribution in [-0.2, 0) is 0 Å². The Morgan fingerprint density at radius 2 is 1.94 bits per heavy atom. The van der Waals surface area contributed by atoms with Crippen molar-refractivity contribution in [2.75, 3.05) is 0 Å². The highest BCUT2D eigenvalue weighted by atomic mass is 15.3. The third kappa shape index (κ3) is 4.94. The highest BCUT2D eigenvalue weighted by molar-refractivity contribution is 5.79. The fourth-order valence-electron chi connectivity index (χ4n) is 2.22. The van der Waals surface area contributed by atoms with Crippen LogP contribution in [0.1, 0.15) is 59.3 Å². The van der Waals surface area contributed by atoms with E-state index in [1.54, 1.807) is 0 Å². The zero-order valence-corrected chi connectivity index (χ0v) is 11.5. The number of nitrogens with zero attached hydrogens (tertiary/aromatic N) is 1. The summed E-state index contributed by atoms with van der Waals surface area (Å²) < 4.78 is 0. The molecule has 0 aromatic heterocycles. The second-order valence-electron chi connectivity index (χ2n) is 5.23. The highest BCUT2D eigenvalue weighted by Gasteiger charge is 2.15. The molecule has 0 aliphatic heterocycles. The Hall–Kier alpha value is -0.770. The van der Waals surface area contributed by atoms with Crippen LogP contribution in [0.2, 0.25) is 0 Å². The zero-order chi connectivity index (χ0) is 12.7. The van der Waals surface area contributed by atoms with Crippen molar-refractivity contribution < 1.29 is 0 Å². The molecule has 0 aromatic carbocycles. The Morgan fingerprint density at radius 3 is 2.47 bits per heavy atom. The molecule has 2 atom stereocenters. The minimum absolute atomic E-state index is 0.401. The quantitative estimate of drug-likeness (QED) is 0.305. The van der Waals surface area contributed by atoms with Gasteiger partial charge in [-0.25, -0.2) is 10.8 Å². The molecule has 4 heteroatoms. The number of hydrazine groups is 1. The lowest BCUT2D eigenvalue weighted by Crippen LogP contribution is -2.48. The van der Waals surface area contributed by atoms with Gasteiger partial charge in [-0.05, 0) is 25.7 Å². The van der Waals surface area contributed by atoms with Crippen molar-refractivity contribution in [1.82, 2.24) is 10.7 Å². The first kappa shape index (κ1) is 14.3. The number of hydrogen-bond donors (Lipinski definition) is 3. The normalized spacial score (nSPS) is 22.0. The van der Waals surface area contributed by atoms with E-state index >= 15 is 0 Å². The summed E-state index contributed by atoms with van der Waals surface area (Å²) in [5, 5.41) is 3.38. The number of rotatable bonds is 4. The Bertz CT molecular complexity index is 234. The van der Waals surface area contributed by atoms with E-state index in [-0.39, 0.29) is 0 Å². The van der Waals surface area contributed by atoms with E-state index in [9.17, 15) is 0 Å². The van der Waals surface area contributed by atoms with E-state index in [0.29, 0.717) is 18.0 Å². The van der Waals surface area contributed by atoms with Crippen molar-refractivity contribution in [2.24, 2.45) is 16.8 Å². The number of nitrogens with one attached hydrogen (secondary N) is 2. The molecule has 1 saturated carbocycles. The molecule has 0 saturated heterocycles. The summed E-state index contributed by atoms with van der Waals surface area (Å²) in [5.41, 5.74) is 2.70. The van der Waals surface area contributed by atoms with Gasteiger partial charge in [-0.15, -0.1) is 0 Å². The average molecular weight is 240 g/mol. The molecule has 100 valence electrons. The summed E-state index contributed by atoms with van der Waals surface area (Å²) in [6.45, 7) is 6.63. The lowest BCUT2D eigenvalue weighted by Gasteiger charge is -2.24. The highest BCUT2D eigenvalue weighted by Crippen LogP contribution is 2.20. The van der Waals surface area contributed by atoms with Crippen molar-refractivity contribution in [3.63, 3.8) is 0 Å². The van der Waals surface area contributed by atoms with Crippen LogP contribution in [0.15, 0.2) is 4.99 Å². The zero-order valence-electron chi connectivity index (χ0n) is 11.5. The fraction of sp³-hybridized carbons (Fsp3) is 0.923. The van der Waals surface area contributed by atoms with Gasteiger partial charge in [-0.2, -0.15) is 0 Å². The van der Waals surface area contributed by atoms with Gasteiger partial charge in [0, 0.05) is 6.04 Å². The molecular formula is C13H28N4. The minimum Gasteiger partial charge on any atom is -0.353 e. The van der Waals surface area contributed by atoms with Gasteiger partial charge in [0.2, 0.25) is 5.96 Å². The molecule has 1 fully saturated rings. The number of hydrogen-bond acceptors (Lipinski definition) is 2. The van der Waals surface area contributed by atoms with Crippen LogP contribution in [0.3, 0.4) is 0 Å². The van der Waals surface area contributed by atoms with Gasteiger partial charge in [0.1, 0.15) is 0 Å². The molecule has 4 N–H and O–H groups in total. The molecule has 0 radical (unpaired) electrons. The second-order valence-corrected chi connectivity index (χ2v) is 5.23. The van der Waals surface area contributed by atoms with Crippen LogP contribution in [0, 0.1) is 5.92 Å². The first-order valence-electron chi connectivity index (χ1n) is 6.98. The number of aliphatic imine (C=N–C) groups is 1. The predicted octanol–water partition coefficient (Wildman–Crippen LogP) is 2.16. The van der Waals surface area contributed by atoms with Crippen LogP contribution in [0.25, 0.3) is 0 Å². The van der Waals surface area contributed by atoms with Gasteiger partial charge in [-0.1, -0.05) is 39.5 Å². The minimum atomic E-state index is 0.401. The molecule has 0 spiro atoms. The van der Waals surface area contributed by atoms with Crippen LogP contribution in [-0.4, -0.2) is 18.0 Å². The van der Waals surface area contributed by atoms with E-state index in [0.717, 1.165) is 12.4 Å². The maximum Gasteiger partial charge on any atom is 0.206 e. The largest absolute Gasteiger partial charge is 0.353 e. The Kier molecular flexibility index (Phi) is 6.34. The van der Waals surface area contributed by atoms with Crippen molar-refractivity contribution >= 4 is 5.96 Å². The molecule has 0 heterocycles. The smallest absolute Gasteiger partial charge is 0.206 e. The second kappa shape index (κ2) is 7.54. The first-order valence-corrected chi connectivity index (χ1v) is 6.98. The lowest BCUT2D eigenvalue weighted by atomic mass is 9.96. The maximum atomic E-state index is 5.54. The van der Waals surface area contributed by atoms with Crippen LogP contribution >= 0.6 is 0 Å². The molecule has 17 heavy (non-hydrogen) atoms. The molecule has 1 rings (SSSR count). The van der Waals surface area contributed by atoms with Gasteiger partial charge in [0.25, 0.3) is 0 Å². The van der Waals surface area contributed by atoms with Crippen molar-refractivity contribution in [3.8, 4) is 0 Å². The average Bonchev–Trinajstić information content (AvgIpc) is 2.38. The number of guanidine groups is 1. The van der Waals surface area contributed by atoms with Gasteiger partial charge in [0.15, 0.2) is 0 Å². The first-order chi connectivity index (χ1) is 8.17. The number of nitrogens with two attached hydrogens (primary N) is 1. The predicted molar refractivity (Wildman–Crippen MR) is 73.7 cm³/mol. The molecule has 2 unspecified atom stereocenters. The standard InChI is InChI=1S/C13H28N4/c1-4-10(2)11(3)15-13(17-14)16-12-8-6-5-7-9-12/h10-12H,4-9,14H2,1-3H3,(H2,15,16,17). The van der Waals surface area contributed by atoms with E-state index in [1.807, 2.05) is 0 Å². The molecule has 4 nitrogen and oxygen atoms in total. The summed E-state index contributed by atoms with van der Waals surface area (Å²) in [6.07, 6.45) is 7.51. The molecule has 0 amide bonds. The van der Waals surface area contributed by atoms with Crippen LogP contribution < -0.4 is 16.6 Å². The monoisotopic (exact) mass is 240 g/mol. The van der Waals surface area contributed by atoms with Gasteiger partial charge in [-0.3, -0.25) is 5.43 Å². The Labute approximate surface area is 105 Å². The lowest BCUT2D eigenvalue weighted by molar-refractivity contribution is 0.421. The van der Waals surface area contributed by atoms with E-state index in [1.165, 1.54) is 32.1 Å². The van der Waals surface area contributed by atoms with Gasteiger partial charge >= 0.3 is 0 Å². The third-order valence-electron chi connectivity index (χ3n) is 3.88. The SMILES string of the molecule is CCC(C)C(C)NC(=NC1CCCCC1)NN. The summed E-state index contributed by atoms with van der Waals surface area (Å²) in [6, 6.07) is 0.852. The molecule has 0 aromatic rings. The Morgan fingerprint density at radius 1 is 1.29 bits per heavy atom. The molecular weight excluding hydrogens is 212 g/mol. The third-order valence-corrected chi connectivity index (χ3v) is 3.88. The maximum absolute atomic E-state index is 5.54. The summed E-state index contributed by atoms with van der Waals surface area (Å²) in [4.78, 5) is 4.68. The van der Waals surface area contributed by atoms with E-state index in [4.69, 9.17) is 5.84 Å². The molecule has 0 bridgehead atoms. The van der Waals surface area contributed by atoms with Crippen molar-refractivity contribution in [2.45, 2.75) is 71.4 Å². The van der Waals surface area contributed by atoms with Gasteiger partial charge in [0.05, 0.1) is 6.04 Å². The molecule has 1 aliphatic rings. The fourth-order valence-corrected chi connectivity index (χ4v) is 2.22. The summed E-state index contributed by atoms with van der Waals surface area (Å²) in [5.74, 6) is 6.92. The van der Waals surface area contributed by atoms with Crippen molar-refractivity contribution in [1.29, 1.82) is 0 Å². The summed E-state index contributed by atoms with van der Waals surface area (Å²) in [7, 11) is 0. The van der Waals surface area contributed by atoms with E-state index < -0.39 is 0 Å². The molecule has 1 aliphatic carbocycles. The van der Waals surface area contributed by atoms with Crippen LogP contribution in [0.5, 0.6) is 0 Å². The Balaban J connectivity index is 2.48. The van der Waals surface area contributed by atoms with Gasteiger partial charge < -0.3 is 5.32 Å².